The predicted molar refractivity (Wildman–Crippen MR) is 101 cm³/mol. The molecule has 2 heterocycles. The van der Waals surface area contributed by atoms with Gasteiger partial charge < -0.3 is 15.2 Å². The molecule has 4 rings (SSSR count). The summed E-state index contributed by atoms with van der Waals surface area (Å²) in [5.74, 6) is 1.05. The number of para-hydroxylation sites is 1. The summed E-state index contributed by atoms with van der Waals surface area (Å²) in [4.78, 5) is 19.0. The Hall–Kier alpha value is -1.81. The van der Waals surface area contributed by atoms with Crippen molar-refractivity contribution in [2.75, 3.05) is 13.6 Å². The molecule has 1 fully saturated rings. The molecule has 2 aliphatic rings. The number of benzene rings is 1. The van der Waals surface area contributed by atoms with Crippen LogP contribution in [0.4, 0.5) is 0 Å². The standard InChI is InChI=1S/C21H29N3O/c1-14-11-18-17-9-5-6-10-19(17)23-20(18)13-24(14)21(25)16-8-4-3-7-15(16)12-22-2/h5-6,9-10,14-16,22-23H,3-4,7-8,11-13H2,1-2H3/t14-,15?,16?/m1/s1. The monoisotopic (exact) mass is 339 g/mol. The van der Waals surface area contributed by atoms with Crippen LogP contribution < -0.4 is 5.32 Å². The maximum absolute atomic E-state index is 13.4. The Bertz CT molecular complexity index is 764. The molecule has 0 bridgehead atoms. The molecule has 25 heavy (non-hydrogen) atoms. The van der Waals surface area contributed by atoms with Crippen LogP contribution in [0.2, 0.25) is 0 Å². The van der Waals surface area contributed by atoms with Crippen molar-refractivity contribution in [3.8, 4) is 0 Å². The molecule has 1 aliphatic carbocycles. The molecule has 0 radical (unpaired) electrons. The fourth-order valence-corrected chi connectivity index (χ4v) is 4.90. The minimum Gasteiger partial charge on any atom is -0.357 e. The molecule has 2 unspecified atom stereocenters. The Balaban J connectivity index is 1.59. The highest BCUT2D eigenvalue weighted by Gasteiger charge is 2.37. The molecule has 1 aromatic carbocycles. The van der Waals surface area contributed by atoms with Crippen LogP contribution in [-0.2, 0) is 17.8 Å². The molecule has 1 aromatic heterocycles. The van der Waals surface area contributed by atoms with E-state index in [4.69, 9.17) is 0 Å². The number of carbonyl (C=O) groups is 1. The number of H-pyrrole nitrogens is 1. The topological polar surface area (TPSA) is 48.1 Å². The third-order valence-electron chi connectivity index (χ3n) is 6.24. The number of hydrogen-bond acceptors (Lipinski definition) is 2. The number of nitrogens with zero attached hydrogens (tertiary/aromatic N) is 1. The van der Waals surface area contributed by atoms with Crippen molar-refractivity contribution in [3.63, 3.8) is 0 Å². The molecule has 4 heteroatoms. The maximum Gasteiger partial charge on any atom is 0.226 e. The lowest BCUT2D eigenvalue weighted by Gasteiger charge is -2.39. The summed E-state index contributed by atoms with van der Waals surface area (Å²) in [6.45, 7) is 3.89. The van der Waals surface area contributed by atoms with Gasteiger partial charge in [0.15, 0.2) is 0 Å². The normalized spacial score (nSPS) is 26.6. The molecule has 2 aromatic rings. The number of rotatable bonds is 3. The number of aromatic nitrogens is 1. The lowest BCUT2D eigenvalue weighted by molar-refractivity contribution is -0.141. The number of amides is 1. The van der Waals surface area contributed by atoms with E-state index in [1.54, 1.807) is 0 Å². The van der Waals surface area contributed by atoms with Gasteiger partial charge in [-0.25, -0.2) is 0 Å². The Kier molecular flexibility index (Phi) is 4.55. The first-order valence-electron chi connectivity index (χ1n) is 9.72. The van der Waals surface area contributed by atoms with E-state index in [2.05, 4.69) is 46.4 Å². The number of hydrogen-bond donors (Lipinski definition) is 2. The van der Waals surface area contributed by atoms with Crippen molar-refractivity contribution in [1.82, 2.24) is 15.2 Å². The molecule has 4 nitrogen and oxygen atoms in total. The average Bonchev–Trinajstić information content (AvgIpc) is 2.99. The Morgan fingerprint density at radius 2 is 2.08 bits per heavy atom. The third-order valence-corrected chi connectivity index (χ3v) is 6.24. The van der Waals surface area contributed by atoms with Crippen LogP contribution in [0.1, 0.15) is 43.9 Å². The highest BCUT2D eigenvalue weighted by molar-refractivity contribution is 5.86. The molecule has 1 amide bonds. The van der Waals surface area contributed by atoms with Crippen molar-refractivity contribution >= 4 is 16.8 Å². The number of nitrogens with one attached hydrogen (secondary N) is 2. The van der Waals surface area contributed by atoms with Crippen LogP contribution >= 0.6 is 0 Å². The van der Waals surface area contributed by atoms with E-state index in [1.165, 1.54) is 41.4 Å². The number of fused-ring (bicyclic) bond motifs is 3. The molecular formula is C21H29N3O. The SMILES string of the molecule is CNCC1CCCCC1C(=O)N1Cc2[nH]c3ccccc3c2C[C@H]1C. The largest absolute Gasteiger partial charge is 0.357 e. The van der Waals surface area contributed by atoms with Gasteiger partial charge in [0.1, 0.15) is 0 Å². The Morgan fingerprint density at radius 1 is 1.28 bits per heavy atom. The third kappa shape index (κ3) is 2.97. The Morgan fingerprint density at radius 3 is 2.92 bits per heavy atom. The fraction of sp³-hybridized carbons (Fsp3) is 0.571. The summed E-state index contributed by atoms with van der Waals surface area (Å²) < 4.78 is 0. The highest BCUT2D eigenvalue weighted by atomic mass is 16.2. The van der Waals surface area contributed by atoms with Gasteiger partial charge in [0.05, 0.1) is 6.54 Å². The van der Waals surface area contributed by atoms with Crippen LogP contribution in [0.3, 0.4) is 0 Å². The van der Waals surface area contributed by atoms with E-state index in [1.807, 2.05) is 7.05 Å². The Labute approximate surface area is 150 Å². The quantitative estimate of drug-likeness (QED) is 0.899. The van der Waals surface area contributed by atoms with Crippen LogP contribution in [-0.4, -0.2) is 35.4 Å². The molecule has 2 N–H and O–H groups in total. The van der Waals surface area contributed by atoms with Crippen molar-refractivity contribution < 1.29 is 4.79 Å². The van der Waals surface area contributed by atoms with E-state index < -0.39 is 0 Å². The number of carbonyl (C=O) groups excluding carboxylic acids is 1. The lowest BCUT2D eigenvalue weighted by Crippen LogP contribution is -2.48. The van der Waals surface area contributed by atoms with Gasteiger partial charge in [0, 0.05) is 28.6 Å². The van der Waals surface area contributed by atoms with E-state index in [-0.39, 0.29) is 12.0 Å². The summed E-state index contributed by atoms with van der Waals surface area (Å²) in [7, 11) is 2.00. The molecule has 1 aliphatic heterocycles. The minimum absolute atomic E-state index is 0.189. The van der Waals surface area contributed by atoms with Crippen molar-refractivity contribution in [1.29, 1.82) is 0 Å². The zero-order chi connectivity index (χ0) is 17.4. The van der Waals surface area contributed by atoms with Gasteiger partial charge in [-0.15, -0.1) is 0 Å². The van der Waals surface area contributed by atoms with Crippen molar-refractivity contribution in [3.05, 3.63) is 35.5 Å². The van der Waals surface area contributed by atoms with Crippen LogP contribution in [0.5, 0.6) is 0 Å². The van der Waals surface area contributed by atoms with Crippen LogP contribution in [0.25, 0.3) is 10.9 Å². The lowest BCUT2D eigenvalue weighted by atomic mass is 9.78. The van der Waals surface area contributed by atoms with Gasteiger partial charge in [-0.05, 0) is 57.3 Å². The second kappa shape index (κ2) is 6.83. The first kappa shape index (κ1) is 16.6. The molecule has 3 atom stereocenters. The van der Waals surface area contributed by atoms with E-state index in [9.17, 15) is 4.79 Å². The summed E-state index contributed by atoms with van der Waals surface area (Å²) in [6.07, 6.45) is 5.63. The van der Waals surface area contributed by atoms with Crippen molar-refractivity contribution in [2.24, 2.45) is 11.8 Å². The van der Waals surface area contributed by atoms with Gasteiger partial charge in [-0.1, -0.05) is 31.0 Å². The van der Waals surface area contributed by atoms with Gasteiger partial charge in [-0.3, -0.25) is 4.79 Å². The molecule has 134 valence electrons. The van der Waals surface area contributed by atoms with Gasteiger partial charge >= 0.3 is 0 Å². The number of aromatic amines is 1. The second-order valence-corrected chi connectivity index (χ2v) is 7.86. The first-order valence-corrected chi connectivity index (χ1v) is 9.72. The highest BCUT2D eigenvalue weighted by Crippen LogP contribution is 2.35. The van der Waals surface area contributed by atoms with Gasteiger partial charge in [0.25, 0.3) is 0 Å². The van der Waals surface area contributed by atoms with Crippen LogP contribution in [0, 0.1) is 11.8 Å². The van der Waals surface area contributed by atoms with Gasteiger partial charge in [0.2, 0.25) is 5.91 Å². The fourth-order valence-electron chi connectivity index (χ4n) is 4.90. The van der Waals surface area contributed by atoms with E-state index in [0.29, 0.717) is 11.8 Å². The van der Waals surface area contributed by atoms with E-state index >= 15 is 0 Å². The maximum atomic E-state index is 13.4. The van der Waals surface area contributed by atoms with Crippen LogP contribution in [0.15, 0.2) is 24.3 Å². The smallest absolute Gasteiger partial charge is 0.226 e. The minimum atomic E-state index is 0.189. The van der Waals surface area contributed by atoms with E-state index in [0.717, 1.165) is 25.9 Å². The van der Waals surface area contributed by atoms with Crippen molar-refractivity contribution in [2.45, 2.75) is 51.6 Å². The predicted octanol–water partition coefficient (Wildman–Crippen LogP) is 3.47. The summed E-state index contributed by atoms with van der Waals surface area (Å²) in [5.41, 5.74) is 3.83. The molecule has 1 saturated carbocycles. The second-order valence-electron chi connectivity index (χ2n) is 7.86. The first-order chi connectivity index (χ1) is 12.2. The summed E-state index contributed by atoms with van der Waals surface area (Å²) in [5, 5.41) is 4.61. The molecule has 0 saturated heterocycles. The molecule has 0 spiro atoms. The zero-order valence-electron chi connectivity index (χ0n) is 15.3. The molecular weight excluding hydrogens is 310 g/mol. The zero-order valence-corrected chi connectivity index (χ0v) is 15.3. The summed E-state index contributed by atoms with van der Waals surface area (Å²) >= 11 is 0. The van der Waals surface area contributed by atoms with Gasteiger partial charge in [-0.2, -0.15) is 0 Å². The summed E-state index contributed by atoms with van der Waals surface area (Å²) in [6, 6.07) is 8.77. The average molecular weight is 339 g/mol.